The van der Waals surface area contributed by atoms with E-state index in [1.807, 2.05) is 91.8 Å². The Morgan fingerprint density at radius 1 is 0.931 bits per heavy atom. The van der Waals surface area contributed by atoms with Crippen LogP contribution in [-0.4, -0.2) is 45.1 Å². The van der Waals surface area contributed by atoms with E-state index in [4.69, 9.17) is 16.3 Å². The summed E-state index contributed by atoms with van der Waals surface area (Å²) in [4.78, 5) is 17.1. The molecule has 29 heavy (non-hydrogen) atoms. The molecule has 0 unspecified atom stereocenters. The molecule has 0 bridgehead atoms. The predicted molar refractivity (Wildman–Crippen MR) is 120 cm³/mol. The fraction of sp³-hybridized carbons (Fsp3) is 0.208. The van der Waals surface area contributed by atoms with Gasteiger partial charge in [0.25, 0.3) is 5.91 Å². The first-order valence-corrected chi connectivity index (χ1v) is 9.83. The Morgan fingerprint density at radius 2 is 1.62 bits per heavy atom. The van der Waals surface area contributed by atoms with Crippen LogP contribution in [0.15, 0.2) is 72.8 Å². The van der Waals surface area contributed by atoms with Gasteiger partial charge < -0.3 is 14.5 Å². The molecular formula is C24H25ClN2O2. The summed E-state index contributed by atoms with van der Waals surface area (Å²) in [6.45, 7) is 1.33. The monoisotopic (exact) mass is 408 g/mol. The van der Waals surface area contributed by atoms with E-state index in [0.717, 1.165) is 29.1 Å². The number of nitrogens with zero attached hydrogens (tertiary/aromatic N) is 2. The molecule has 0 aliphatic rings. The van der Waals surface area contributed by atoms with Crippen LogP contribution in [0.1, 0.15) is 10.4 Å². The quantitative estimate of drug-likeness (QED) is 0.537. The van der Waals surface area contributed by atoms with Crippen molar-refractivity contribution in [2.75, 3.05) is 39.2 Å². The molecule has 0 aliphatic carbocycles. The van der Waals surface area contributed by atoms with Gasteiger partial charge in [-0.3, -0.25) is 4.79 Å². The van der Waals surface area contributed by atoms with Crippen LogP contribution in [0.2, 0.25) is 5.02 Å². The van der Waals surface area contributed by atoms with Gasteiger partial charge in [-0.15, -0.1) is 0 Å². The standard InChI is InChI=1S/C24H25ClN2O2/c1-26(2)15-16-27(24(28)19-7-5-4-6-8-19)21-13-14-23(29-3)22(17-21)18-9-11-20(25)12-10-18/h4-14,17H,15-16H2,1-3H3. The lowest BCUT2D eigenvalue weighted by molar-refractivity contribution is 0.0985. The molecule has 5 heteroatoms. The summed E-state index contributed by atoms with van der Waals surface area (Å²) < 4.78 is 5.56. The highest BCUT2D eigenvalue weighted by Gasteiger charge is 2.19. The third-order valence-corrected chi connectivity index (χ3v) is 4.94. The number of hydrogen-bond acceptors (Lipinski definition) is 3. The van der Waals surface area contributed by atoms with E-state index in [-0.39, 0.29) is 5.91 Å². The summed E-state index contributed by atoms with van der Waals surface area (Å²) in [5.41, 5.74) is 3.38. The molecule has 0 N–H and O–H groups in total. The van der Waals surface area contributed by atoms with Crippen molar-refractivity contribution in [3.05, 3.63) is 83.4 Å². The fourth-order valence-electron chi connectivity index (χ4n) is 3.10. The van der Waals surface area contributed by atoms with E-state index < -0.39 is 0 Å². The minimum Gasteiger partial charge on any atom is -0.496 e. The van der Waals surface area contributed by atoms with Gasteiger partial charge in [-0.05, 0) is 62.1 Å². The first-order valence-electron chi connectivity index (χ1n) is 9.45. The summed E-state index contributed by atoms with van der Waals surface area (Å²) in [5.74, 6) is 0.718. The van der Waals surface area contributed by atoms with E-state index in [1.54, 1.807) is 7.11 Å². The van der Waals surface area contributed by atoms with Crippen molar-refractivity contribution >= 4 is 23.2 Å². The Balaban J connectivity index is 2.03. The van der Waals surface area contributed by atoms with Gasteiger partial charge in [0.1, 0.15) is 5.75 Å². The highest BCUT2D eigenvalue weighted by Crippen LogP contribution is 2.34. The van der Waals surface area contributed by atoms with Gasteiger partial charge in [0, 0.05) is 34.9 Å². The molecule has 3 rings (SSSR count). The van der Waals surface area contributed by atoms with Gasteiger partial charge in [-0.2, -0.15) is 0 Å². The number of carbonyl (C=O) groups excluding carboxylic acids is 1. The molecule has 0 heterocycles. The number of benzene rings is 3. The molecule has 0 saturated carbocycles. The summed E-state index contributed by atoms with van der Waals surface area (Å²) in [6.07, 6.45) is 0. The second-order valence-corrected chi connectivity index (χ2v) is 7.45. The van der Waals surface area contributed by atoms with Crippen LogP contribution in [0.5, 0.6) is 5.75 Å². The van der Waals surface area contributed by atoms with E-state index in [0.29, 0.717) is 17.1 Å². The summed E-state index contributed by atoms with van der Waals surface area (Å²) in [6, 6.07) is 22.8. The number of halogens is 1. The molecule has 0 fully saturated rings. The highest BCUT2D eigenvalue weighted by atomic mass is 35.5. The zero-order valence-corrected chi connectivity index (χ0v) is 17.7. The van der Waals surface area contributed by atoms with E-state index in [2.05, 4.69) is 4.90 Å². The second kappa shape index (κ2) is 9.59. The SMILES string of the molecule is COc1ccc(N(CCN(C)C)C(=O)c2ccccc2)cc1-c1ccc(Cl)cc1. The number of rotatable bonds is 7. The van der Waals surface area contributed by atoms with Crippen LogP contribution in [-0.2, 0) is 0 Å². The van der Waals surface area contributed by atoms with E-state index in [9.17, 15) is 4.79 Å². The number of ether oxygens (including phenoxy) is 1. The summed E-state index contributed by atoms with van der Waals surface area (Å²) in [7, 11) is 5.64. The molecule has 150 valence electrons. The van der Waals surface area contributed by atoms with Crippen LogP contribution in [0.3, 0.4) is 0 Å². The number of amides is 1. The lowest BCUT2D eigenvalue weighted by Gasteiger charge is -2.26. The van der Waals surface area contributed by atoms with Crippen molar-refractivity contribution in [1.82, 2.24) is 4.90 Å². The van der Waals surface area contributed by atoms with Crippen molar-refractivity contribution < 1.29 is 9.53 Å². The number of anilines is 1. The molecule has 0 spiro atoms. The number of methoxy groups -OCH3 is 1. The molecule has 1 amide bonds. The first-order chi connectivity index (χ1) is 14.0. The van der Waals surface area contributed by atoms with Crippen molar-refractivity contribution in [1.29, 1.82) is 0 Å². The van der Waals surface area contributed by atoms with E-state index in [1.165, 1.54) is 0 Å². The maximum absolute atomic E-state index is 13.3. The first kappa shape index (κ1) is 20.9. The van der Waals surface area contributed by atoms with Crippen molar-refractivity contribution in [3.63, 3.8) is 0 Å². The third-order valence-electron chi connectivity index (χ3n) is 4.69. The van der Waals surface area contributed by atoms with Gasteiger partial charge >= 0.3 is 0 Å². The average molecular weight is 409 g/mol. The minimum atomic E-state index is -0.0281. The van der Waals surface area contributed by atoms with Crippen LogP contribution in [0.25, 0.3) is 11.1 Å². The van der Waals surface area contributed by atoms with Gasteiger partial charge in [0.15, 0.2) is 0 Å². The lowest BCUT2D eigenvalue weighted by atomic mass is 10.0. The summed E-state index contributed by atoms with van der Waals surface area (Å²) >= 11 is 6.05. The Hall–Kier alpha value is -2.82. The van der Waals surface area contributed by atoms with Crippen LogP contribution >= 0.6 is 11.6 Å². The maximum atomic E-state index is 13.3. The molecule has 0 aliphatic heterocycles. The molecular weight excluding hydrogens is 384 g/mol. The fourth-order valence-corrected chi connectivity index (χ4v) is 3.23. The molecule has 0 atom stereocenters. The maximum Gasteiger partial charge on any atom is 0.258 e. The second-order valence-electron chi connectivity index (χ2n) is 7.02. The van der Waals surface area contributed by atoms with Gasteiger partial charge in [-0.1, -0.05) is 41.9 Å². The molecule has 3 aromatic rings. The molecule has 0 saturated heterocycles. The van der Waals surface area contributed by atoms with Gasteiger partial charge in [0.05, 0.1) is 7.11 Å². The largest absolute Gasteiger partial charge is 0.496 e. The Labute approximate surface area is 177 Å². The Kier molecular flexibility index (Phi) is 6.91. The van der Waals surface area contributed by atoms with Crippen LogP contribution in [0.4, 0.5) is 5.69 Å². The Bertz CT molecular complexity index is 956. The van der Waals surface area contributed by atoms with Crippen molar-refractivity contribution in [3.8, 4) is 16.9 Å². The normalized spacial score (nSPS) is 10.8. The molecule has 3 aromatic carbocycles. The number of likely N-dealkylation sites (N-methyl/N-ethyl adjacent to an activating group) is 1. The lowest BCUT2D eigenvalue weighted by Crippen LogP contribution is -2.36. The number of hydrogen-bond donors (Lipinski definition) is 0. The minimum absolute atomic E-state index is 0.0281. The zero-order chi connectivity index (χ0) is 20.8. The zero-order valence-electron chi connectivity index (χ0n) is 16.9. The smallest absolute Gasteiger partial charge is 0.258 e. The van der Waals surface area contributed by atoms with E-state index >= 15 is 0 Å². The molecule has 0 radical (unpaired) electrons. The summed E-state index contributed by atoms with van der Waals surface area (Å²) in [5, 5.41) is 0.677. The van der Waals surface area contributed by atoms with Gasteiger partial charge in [0.2, 0.25) is 0 Å². The predicted octanol–water partition coefficient (Wildman–Crippen LogP) is 5.22. The highest BCUT2D eigenvalue weighted by molar-refractivity contribution is 6.30. The Morgan fingerprint density at radius 3 is 2.24 bits per heavy atom. The topological polar surface area (TPSA) is 32.8 Å². The molecule has 0 aromatic heterocycles. The molecule has 4 nitrogen and oxygen atoms in total. The number of carbonyl (C=O) groups is 1. The third kappa shape index (κ3) is 5.17. The van der Waals surface area contributed by atoms with Crippen molar-refractivity contribution in [2.24, 2.45) is 0 Å². The van der Waals surface area contributed by atoms with Crippen molar-refractivity contribution in [2.45, 2.75) is 0 Å². The van der Waals surface area contributed by atoms with Gasteiger partial charge in [-0.25, -0.2) is 0 Å². The van der Waals surface area contributed by atoms with Crippen LogP contribution < -0.4 is 9.64 Å². The van der Waals surface area contributed by atoms with Crippen LogP contribution in [0, 0.1) is 0 Å². The average Bonchev–Trinajstić information content (AvgIpc) is 2.74.